The molecular weight excluding hydrogens is 713 g/mol. The van der Waals surface area contributed by atoms with Crippen molar-refractivity contribution in [3.8, 4) is 78.4 Å². The number of fused-ring (bicyclic) bond motifs is 9. The van der Waals surface area contributed by atoms with E-state index in [1.54, 1.807) is 0 Å². The van der Waals surface area contributed by atoms with Gasteiger partial charge in [-0.05, 0) is 89.7 Å². The van der Waals surface area contributed by atoms with Crippen molar-refractivity contribution >= 4 is 10.8 Å². The first-order valence-electron chi connectivity index (χ1n) is 20.3. The van der Waals surface area contributed by atoms with E-state index in [4.69, 9.17) is 9.97 Å². The number of hydrogen-bond donors (Lipinski definition) is 0. The fourth-order valence-corrected chi connectivity index (χ4v) is 9.86. The molecule has 0 saturated heterocycles. The lowest BCUT2D eigenvalue weighted by Gasteiger charge is -2.40. The van der Waals surface area contributed by atoms with Crippen LogP contribution in [0.1, 0.15) is 22.3 Å². The summed E-state index contributed by atoms with van der Waals surface area (Å²) in [5.74, 6) is 0.710. The van der Waals surface area contributed by atoms with E-state index in [1.807, 2.05) is 24.3 Å². The van der Waals surface area contributed by atoms with Crippen molar-refractivity contribution in [2.75, 3.05) is 0 Å². The van der Waals surface area contributed by atoms with Crippen LogP contribution >= 0.6 is 0 Å². The Balaban J connectivity index is 0.988. The first kappa shape index (κ1) is 33.5. The summed E-state index contributed by atoms with van der Waals surface area (Å²) < 4.78 is 0. The van der Waals surface area contributed by atoms with Crippen molar-refractivity contribution in [1.82, 2.24) is 9.97 Å². The number of rotatable bonds is 5. The molecule has 1 spiro atoms. The van der Waals surface area contributed by atoms with Crippen molar-refractivity contribution in [2.24, 2.45) is 0 Å². The van der Waals surface area contributed by atoms with Gasteiger partial charge in [-0.1, -0.05) is 206 Å². The molecule has 9 aromatic carbocycles. The molecule has 10 aromatic rings. The van der Waals surface area contributed by atoms with Gasteiger partial charge in [-0.25, -0.2) is 9.97 Å². The Kier molecular flexibility index (Phi) is 7.48. The Hall–Kier alpha value is -7.68. The quantitative estimate of drug-likeness (QED) is 0.175. The molecule has 0 unspecified atom stereocenters. The molecule has 12 rings (SSSR count). The molecular formula is C57H36N2. The van der Waals surface area contributed by atoms with E-state index >= 15 is 0 Å². The van der Waals surface area contributed by atoms with Gasteiger partial charge in [0.25, 0.3) is 0 Å². The summed E-state index contributed by atoms with van der Waals surface area (Å²) in [5.41, 5.74) is 19.7. The molecule has 2 nitrogen and oxygen atoms in total. The van der Waals surface area contributed by atoms with Crippen molar-refractivity contribution in [2.45, 2.75) is 5.41 Å². The summed E-state index contributed by atoms with van der Waals surface area (Å²) in [6.45, 7) is 0. The van der Waals surface area contributed by atoms with Gasteiger partial charge >= 0.3 is 0 Å². The predicted molar refractivity (Wildman–Crippen MR) is 243 cm³/mol. The third-order valence-electron chi connectivity index (χ3n) is 12.5. The lowest BCUT2D eigenvalue weighted by molar-refractivity contribution is 0.774. The Labute approximate surface area is 343 Å². The van der Waals surface area contributed by atoms with Crippen LogP contribution in [0.25, 0.3) is 89.2 Å². The van der Waals surface area contributed by atoms with Gasteiger partial charge in [0.2, 0.25) is 0 Å². The zero-order chi connectivity index (χ0) is 38.9. The third-order valence-corrected chi connectivity index (χ3v) is 12.5. The molecule has 0 bridgehead atoms. The molecule has 0 N–H and O–H groups in total. The van der Waals surface area contributed by atoms with Crippen molar-refractivity contribution in [3.05, 3.63) is 241 Å². The van der Waals surface area contributed by atoms with Gasteiger partial charge < -0.3 is 0 Å². The number of hydrogen-bond acceptors (Lipinski definition) is 2. The van der Waals surface area contributed by atoms with Crippen molar-refractivity contribution in [3.63, 3.8) is 0 Å². The van der Waals surface area contributed by atoms with Gasteiger partial charge in [0.15, 0.2) is 5.82 Å². The Morgan fingerprint density at radius 1 is 0.271 bits per heavy atom. The summed E-state index contributed by atoms with van der Waals surface area (Å²) in [4.78, 5) is 10.2. The van der Waals surface area contributed by atoms with Gasteiger partial charge in [0.05, 0.1) is 16.8 Å². The van der Waals surface area contributed by atoms with Crippen LogP contribution < -0.4 is 0 Å². The molecule has 2 heteroatoms. The Bertz CT molecular complexity index is 3190. The van der Waals surface area contributed by atoms with E-state index < -0.39 is 5.41 Å². The number of benzene rings is 9. The largest absolute Gasteiger partial charge is 0.228 e. The highest BCUT2D eigenvalue weighted by Crippen LogP contribution is 2.62. The second-order valence-electron chi connectivity index (χ2n) is 15.7. The van der Waals surface area contributed by atoms with Crippen molar-refractivity contribution < 1.29 is 0 Å². The summed E-state index contributed by atoms with van der Waals surface area (Å²) in [6.07, 6.45) is 0. The molecule has 2 aliphatic rings. The highest BCUT2D eigenvalue weighted by Gasteiger charge is 2.50. The smallest absolute Gasteiger partial charge is 0.160 e. The minimum atomic E-state index is -0.448. The van der Waals surface area contributed by atoms with Crippen LogP contribution in [0.4, 0.5) is 0 Å². The standard InChI is InChI=1S/C57H36N2/c1-3-13-37(14-4-1)38-25-29-40(30-26-38)53-36-54(59-56(58-53)43-15-5-2-6-16-43)41-31-27-39(28-32-41)44-33-34-47-48-21-11-17-42-18-12-24-51(55(42)48)57(52(47)35-44)49-22-9-7-19-45(49)46-20-8-10-23-50(46)57/h1-36H. The number of nitrogens with zero attached hydrogens (tertiary/aromatic N) is 2. The van der Waals surface area contributed by atoms with Crippen LogP contribution in [0.5, 0.6) is 0 Å². The normalized spacial score (nSPS) is 12.9. The molecule has 0 radical (unpaired) electrons. The lowest BCUT2D eigenvalue weighted by atomic mass is 9.61. The van der Waals surface area contributed by atoms with Gasteiger partial charge in [-0.3, -0.25) is 0 Å². The molecule has 1 aromatic heterocycles. The van der Waals surface area contributed by atoms with Crippen LogP contribution in [0.2, 0.25) is 0 Å². The molecule has 274 valence electrons. The van der Waals surface area contributed by atoms with E-state index in [-0.39, 0.29) is 0 Å². The second kappa shape index (κ2) is 13.2. The van der Waals surface area contributed by atoms with Crippen LogP contribution in [-0.4, -0.2) is 9.97 Å². The zero-order valence-corrected chi connectivity index (χ0v) is 32.2. The van der Waals surface area contributed by atoms with E-state index in [0.29, 0.717) is 5.82 Å². The average Bonchev–Trinajstić information content (AvgIpc) is 3.62. The molecule has 59 heavy (non-hydrogen) atoms. The zero-order valence-electron chi connectivity index (χ0n) is 32.2. The second-order valence-corrected chi connectivity index (χ2v) is 15.7. The minimum Gasteiger partial charge on any atom is -0.228 e. The van der Waals surface area contributed by atoms with E-state index in [9.17, 15) is 0 Å². The van der Waals surface area contributed by atoms with Gasteiger partial charge in [-0.15, -0.1) is 0 Å². The first-order chi connectivity index (χ1) is 29.2. The third kappa shape index (κ3) is 5.13. The summed E-state index contributed by atoms with van der Waals surface area (Å²) in [6, 6.07) is 79.3. The van der Waals surface area contributed by atoms with Crippen LogP contribution in [0.15, 0.2) is 218 Å². The van der Waals surface area contributed by atoms with E-state index in [0.717, 1.165) is 33.6 Å². The number of aromatic nitrogens is 2. The average molecular weight is 749 g/mol. The summed E-state index contributed by atoms with van der Waals surface area (Å²) >= 11 is 0. The first-order valence-corrected chi connectivity index (χ1v) is 20.3. The molecule has 2 aliphatic carbocycles. The van der Waals surface area contributed by atoms with Gasteiger partial charge in [-0.2, -0.15) is 0 Å². The predicted octanol–water partition coefficient (Wildman–Crippen LogP) is 14.3. The molecule has 0 saturated carbocycles. The van der Waals surface area contributed by atoms with Gasteiger partial charge in [0, 0.05) is 16.7 Å². The van der Waals surface area contributed by atoms with Crippen molar-refractivity contribution in [1.29, 1.82) is 0 Å². The fraction of sp³-hybridized carbons (Fsp3) is 0.0175. The lowest BCUT2D eigenvalue weighted by Crippen LogP contribution is -2.31. The van der Waals surface area contributed by atoms with E-state index in [1.165, 1.54) is 72.0 Å². The van der Waals surface area contributed by atoms with Crippen LogP contribution in [0.3, 0.4) is 0 Å². The minimum absolute atomic E-state index is 0.448. The maximum absolute atomic E-state index is 5.14. The Morgan fingerprint density at radius 3 is 1.34 bits per heavy atom. The molecule has 0 atom stereocenters. The topological polar surface area (TPSA) is 25.8 Å². The maximum atomic E-state index is 5.14. The highest BCUT2D eigenvalue weighted by molar-refractivity contribution is 6.07. The Morgan fingerprint density at radius 2 is 0.712 bits per heavy atom. The van der Waals surface area contributed by atoms with E-state index in [2.05, 4.69) is 194 Å². The molecule has 0 aliphatic heterocycles. The van der Waals surface area contributed by atoms with Crippen LogP contribution in [-0.2, 0) is 5.41 Å². The molecule has 1 heterocycles. The SMILES string of the molecule is c1ccc(-c2ccc(-c3cc(-c4ccc(-c5ccc6c(c5)C5(c7ccccc7-c7ccccc75)c5cccc7cccc-6c57)cc4)nc(-c4ccccc4)n3)cc2)cc1. The maximum Gasteiger partial charge on any atom is 0.160 e. The summed E-state index contributed by atoms with van der Waals surface area (Å²) in [7, 11) is 0. The highest BCUT2D eigenvalue weighted by atomic mass is 14.9. The van der Waals surface area contributed by atoms with Gasteiger partial charge in [0.1, 0.15) is 0 Å². The fourth-order valence-electron chi connectivity index (χ4n) is 9.86. The molecule has 0 fully saturated rings. The summed E-state index contributed by atoms with van der Waals surface area (Å²) in [5, 5.41) is 2.62. The monoisotopic (exact) mass is 748 g/mol. The van der Waals surface area contributed by atoms with Crippen LogP contribution in [0, 0.1) is 0 Å². The molecule has 0 amide bonds.